The van der Waals surface area contributed by atoms with E-state index in [1.54, 1.807) is 98.8 Å². The predicted octanol–water partition coefficient (Wildman–Crippen LogP) is 8.84. The zero-order valence-electron chi connectivity index (χ0n) is 43.0. The van der Waals surface area contributed by atoms with Crippen molar-refractivity contribution in [3.05, 3.63) is 113 Å². The van der Waals surface area contributed by atoms with E-state index in [9.17, 15) is 42.7 Å². The van der Waals surface area contributed by atoms with Crippen LogP contribution in [0.25, 0.3) is 10.4 Å². The molecule has 2 aromatic heterocycles. The summed E-state index contributed by atoms with van der Waals surface area (Å²) in [4.78, 5) is 68.6. The van der Waals surface area contributed by atoms with E-state index in [4.69, 9.17) is 26.4 Å². The molecule has 8 rings (SSSR count). The van der Waals surface area contributed by atoms with E-state index in [0.717, 1.165) is 38.7 Å². The standard InChI is InChI=1S/C55H59F3N8O8S2/c1-31(33-8-10-34(11-9-33)47-32(2)61-30-76-47)62-49(69)44-25-38(67)28-64(44)50(70)48(53(3,4)5)63-45(68)29-72-42-22-23-46(60-27-42)74-41-20-18-40(19-21-41)73-39-16-14-36(15-17-39)66-52(75)65(51(71)54(66,6)7)37-13-12-35(26-59)43(24-37)55(56,57)58/h8-17,22-24,27,30-31,38,40-41,44,48,67H,18-21,25,28-29H2,1-7H3,(H,62,69)(H,63,68)/t31-,38+,40-,41-,44-,48+/m0/s1. The topological polar surface area (TPSA) is 200 Å². The third-order valence-corrected chi connectivity index (χ3v) is 15.1. The summed E-state index contributed by atoms with van der Waals surface area (Å²) in [6.45, 7) is 12.0. The lowest BCUT2D eigenvalue weighted by atomic mass is 9.85. The lowest BCUT2D eigenvalue weighted by Crippen LogP contribution is -2.58. The molecule has 4 atom stereocenters. The number of aliphatic hydroxyl groups excluding tert-OH is 1. The van der Waals surface area contributed by atoms with E-state index in [0.29, 0.717) is 48.7 Å². The number of alkyl halides is 3. The van der Waals surface area contributed by atoms with Crippen molar-refractivity contribution in [2.75, 3.05) is 23.0 Å². The zero-order valence-corrected chi connectivity index (χ0v) is 44.6. The first-order valence-electron chi connectivity index (χ1n) is 24.8. The van der Waals surface area contributed by atoms with Gasteiger partial charge in [0.2, 0.25) is 17.7 Å². The molecule has 5 aromatic rings. The van der Waals surface area contributed by atoms with Crippen LogP contribution in [0.2, 0.25) is 0 Å². The number of rotatable bonds is 15. The minimum atomic E-state index is -4.81. The van der Waals surface area contributed by atoms with Crippen molar-refractivity contribution in [3.8, 4) is 33.9 Å². The first kappa shape index (κ1) is 55.1. The maximum Gasteiger partial charge on any atom is 0.417 e. The number of likely N-dealkylation sites (tertiary alicyclic amines) is 1. The number of carbonyl (C=O) groups is 4. The van der Waals surface area contributed by atoms with E-state index in [1.165, 1.54) is 17.2 Å². The molecule has 3 fully saturated rings. The Labute approximate surface area is 448 Å². The minimum Gasteiger partial charge on any atom is -0.490 e. The number of hydrogen-bond donors (Lipinski definition) is 3. The number of aliphatic hydroxyl groups is 1. The fourth-order valence-electron chi connectivity index (χ4n) is 9.65. The van der Waals surface area contributed by atoms with Crippen LogP contribution < -0.4 is 34.6 Å². The number of carbonyl (C=O) groups excluding carboxylic acids is 4. The van der Waals surface area contributed by atoms with E-state index < -0.39 is 76.7 Å². The highest BCUT2D eigenvalue weighted by molar-refractivity contribution is 7.81. The molecule has 0 spiro atoms. The van der Waals surface area contributed by atoms with Crippen molar-refractivity contribution < 1.29 is 51.7 Å². The van der Waals surface area contributed by atoms with E-state index in [-0.39, 0.29) is 42.0 Å². The van der Waals surface area contributed by atoms with Crippen LogP contribution >= 0.6 is 23.6 Å². The van der Waals surface area contributed by atoms with Gasteiger partial charge in [0.25, 0.3) is 11.8 Å². The average Bonchev–Trinajstić information content (AvgIpc) is 4.08. The van der Waals surface area contributed by atoms with Gasteiger partial charge in [0.15, 0.2) is 11.7 Å². The maximum atomic E-state index is 14.2. The molecule has 2 aliphatic heterocycles. The van der Waals surface area contributed by atoms with Crippen molar-refractivity contribution in [2.24, 2.45) is 5.41 Å². The van der Waals surface area contributed by atoms with Crippen molar-refractivity contribution in [1.29, 1.82) is 5.26 Å². The third-order valence-electron chi connectivity index (χ3n) is 13.8. The Bertz CT molecular complexity index is 3010. The van der Waals surface area contributed by atoms with Crippen LogP contribution in [0.15, 0.2) is 90.6 Å². The first-order valence-corrected chi connectivity index (χ1v) is 26.1. The summed E-state index contributed by atoms with van der Waals surface area (Å²) in [6.07, 6.45) is -1.74. The van der Waals surface area contributed by atoms with Crippen LogP contribution in [-0.4, -0.2) is 97.8 Å². The summed E-state index contributed by atoms with van der Waals surface area (Å²) in [5.74, 6) is -0.730. The van der Waals surface area contributed by atoms with Crippen LogP contribution in [0.5, 0.6) is 17.4 Å². The normalized spacial score (nSPS) is 20.4. The number of nitrogens with zero attached hydrogens (tertiary/aromatic N) is 6. The molecular weight excluding hydrogens is 1020 g/mol. The second-order valence-electron chi connectivity index (χ2n) is 20.8. The summed E-state index contributed by atoms with van der Waals surface area (Å²) in [5, 5.41) is 25.7. The highest BCUT2D eigenvalue weighted by Crippen LogP contribution is 2.41. The Morgan fingerprint density at radius 3 is 2.16 bits per heavy atom. The van der Waals surface area contributed by atoms with Gasteiger partial charge in [-0.2, -0.15) is 18.4 Å². The molecule has 2 saturated heterocycles. The number of aryl methyl sites for hydroxylation is 1. The largest absolute Gasteiger partial charge is 0.490 e. The molecule has 1 aliphatic carbocycles. The van der Waals surface area contributed by atoms with Gasteiger partial charge in [-0.05, 0) is 131 Å². The van der Waals surface area contributed by atoms with Gasteiger partial charge in [0.05, 0.1) is 63.4 Å². The number of benzene rings is 3. The first-order chi connectivity index (χ1) is 35.9. The van der Waals surface area contributed by atoms with E-state index in [2.05, 4.69) is 20.6 Å². The summed E-state index contributed by atoms with van der Waals surface area (Å²) >= 11 is 7.23. The number of halogens is 3. The van der Waals surface area contributed by atoms with E-state index >= 15 is 0 Å². The Hall–Kier alpha value is -7.15. The molecule has 0 radical (unpaired) electrons. The molecule has 21 heteroatoms. The number of pyridine rings is 1. The molecule has 0 unspecified atom stereocenters. The Morgan fingerprint density at radius 2 is 1.57 bits per heavy atom. The number of thiazole rings is 1. The Kier molecular flexibility index (Phi) is 16.1. The second kappa shape index (κ2) is 22.2. The molecule has 1 saturated carbocycles. The highest BCUT2D eigenvalue weighted by Gasteiger charge is 2.51. The average molecular weight is 1080 g/mol. The third kappa shape index (κ3) is 12.1. The molecule has 4 amide bonds. The number of amides is 4. The number of aromatic nitrogens is 2. The smallest absolute Gasteiger partial charge is 0.417 e. The Morgan fingerprint density at radius 1 is 0.921 bits per heavy atom. The molecular formula is C55H59F3N8O8S2. The number of thiocarbonyl (C=S) groups is 1. The van der Waals surface area contributed by atoms with Crippen molar-refractivity contribution in [1.82, 2.24) is 25.5 Å². The fraction of sp³-hybridized carbons (Fsp3) is 0.418. The molecule has 3 N–H and O–H groups in total. The van der Waals surface area contributed by atoms with Gasteiger partial charge in [0, 0.05) is 24.7 Å². The predicted molar refractivity (Wildman–Crippen MR) is 283 cm³/mol. The van der Waals surface area contributed by atoms with Crippen LogP contribution in [0.1, 0.15) is 102 Å². The van der Waals surface area contributed by atoms with Gasteiger partial charge in [-0.25, -0.2) is 9.97 Å². The number of anilines is 2. The number of nitriles is 1. The molecule has 3 aromatic carbocycles. The van der Waals surface area contributed by atoms with Gasteiger partial charge in [-0.1, -0.05) is 45.0 Å². The van der Waals surface area contributed by atoms with Gasteiger partial charge in [-0.3, -0.25) is 24.1 Å². The monoisotopic (exact) mass is 1080 g/mol. The summed E-state index contributed by atoms with van der Waals surface area (Å²) in [6, 6.07) is 20.4. The number of ether oxygens (including phenoxy) is 3. The molecule has 0 bridgehead atoms. The highest BCUT2D eigenvalue weighted by atomic mass is 32.1. The fourth-order valence-corrected chi connectivity index (χ4v) is 11.0. The SMILES string of the molecule is Cc1ncsc1-c1ccc([C@H](C)NC(=O)[C@@H]2C[C@@H](O)CN2C(=O)[C@@H](NC(=O)COc2ccc(O[C@H]3CC[C@H](Oc4ccc(N5C(=S)N(c6ccc(C#N)c(C(F)(F)F)c6)C(=O)C5(C)C)cc4)CC3)nc2)C(C)(C)C)cc1. The number of nitrogens with one attached hydrogen (secondary N) is 2. The van der Waals surface area contributed by atoms with Crippen LogP contribution in [0.3, 0.4) is 0 Å². The van der Waals surface area contributed by atoms with E-state index in [1.807, 2.05) is 38.1 Å². The molecule has 3 aliphatic rings. The molecule has 76 heavy (non-hydrogen) atoms. The van der Waals surface area contributed by atoms with Gasteiger partial charge < -0.3 is 39.8 Å². The summed E-state index contributed by atoms with van der Waals surface area (Å²) in [5.41, 5.74) is 1.37. The Balaban J connectivity index is 0.789. The minimum absolute atomic E-state index is 0.00861. The van der Waals surface area contributed by atoms with Gasteiger partial charge in [0.1, 0.15) is 35.2 Å². The molecule has 400 valence electrons. The summed E-state index contributed by atoms with van der Waals surface area (Å²) in [7, 11) is 0. The van der Waals surface area contributed by atoms with Crippen molar-refractivity contribution >= 4 is 63.7 Å². The molecule has 16 nitrogen and oxygen atoms in total. The second-order valence-corrected chi connectivity index (χ2v) is 22.0. The van der Waals surface area contributed by atoms with Crippen LogP contribution in [0, 0.1) is 23.7 Å². The maximum absolute atomic E-state index is 14.2. The number of hydrogen-bond acceptors (Lipinski definition) is 13. The lowest BCUT2D eigenvalue weighted by molar-refractivity contribution is -0.144. The van der Waals surface area contributed by atoms with Crippen molar-refractivity contribution in [2.45, 2.75) is 129 Å². The number of β-amino-alcohol motifs (C(OH)–C–C–N with tert-alkyl or cyclic N) is 1. The van der Waals surface area contributed by atoms with Crippen molar-refractivity contribution in [3.63, 3.8) is 0 Å². The molecule has 4 heterocycles. The van der Waals surface area contributed by atoms with Crippen LogP contribution in [0.4, 0.5) is 24.5 Å². The lowest BCUT2D eigenvalue weighted by Gasteiger charge is -2.35. The zero-order chi connectivity index (χ0) is 54.9. The quantitative estimate of drug-likeness (QED) is 0.0841. The van der Waals surface area contributed by atoms with Gasteiger partial charge in [-0.15, -0.1) is 11.3 Å². The summed E-state index contributed by atoms with van der Waals surface area (Å²) < 4.78 is 59.6. The van der Waals surface area contributed by atoms with Crippen LogP contribution in [-0.2, 0) is 25.4 Å². The van der Waals surface area contributed by atoms with Gasteiger partial charge >= 0.3 is 6.18 Å².